The van der Waals surface area contributed by atoms with Gasteiger partial charge in [-0.2, -0.15) is 0 Å². The second kappa shape index (κ2) is 10.6. The number of rotatable bonds is 7. The minimum atomic E-state index is -0.253. The molecule has 1 aliphatic rings. The van der Waals surface area contributed by atoms with Gasteiger partial charge in [-0.05, 0) is 42.9 Å². The quantitative estimate of drug-likeness (QED) is 0.508. The second-order valence-corrected chi connectivity index (χ2v) is 6.16. The summed E-state index contributed by atoms with van der Waals surface area (Å²) in [5, 5.41) is 0. The summed E-state index contributed by atoms with van der Waals surface area (Å²) in [7, 11) is 1.52. The maximum Gasteiger partial charge on any atom is 0.219 e. The van der Waals surface area contributed by atoms with Gasteiger partial charge in [0.05, 0.1) is 7.11 Å². The normalized spacial score (nSPS) is 18.2. The van der Waals surface area contributed by atoms with Crippen LogP contribution in [0.4, 0.5) is 4.39 Å². The molecule has 0 aromatic heterocycles. The van der Waals surface area contributed by atoms with Crippen LogP contribution < -0.4 is 5.73 Å². The largest absolute Gasteiger partial charge is 0.494 e. The lowest BCUT2D eigenvalue weighted by Crippen LogP contribution is -2.07. The molecular weight excluding hydrogens is 317 g/mol. The van der Waals surface area contributed by atoms with E-state index in [2.05, 4.69) is 23.8 Å². The van der Waals surface area contributed by atoms with Crippen LogP contribution >= 0.6 is 0 Å². The van der Waals surface area contributed by atoms with Crippen molar-refractivity contribution >= 4 is 12.2 Å². The predicted molar refractivity (Wildman–Crippen MR) is 104 cm³/mol. The highest BCUT2D eigenvalue weighted by molar-refractivity contribution is 5.86. The third-order valence-electron chi connectivity index (χ3n) is 4.20. The predicted octanol–water partition coefficient (Wildman–Crippen LogP) is 5.21. The fourth-order valence-electron chi connectivity index (χ4n) is 2.69. The van der Waals surface area contributed by atoms with Gasteiger partial charge in [0.25, 0.3) is 0 Å². The van der Waals surface area contributed by atoms with Crippen molar-refractivity contribution in [3.8, 4) is 0 Å². The zero-order valence-corrected chi connectivity index (χ0v) is 16.0. The van der Waals surface area contributed by atoms with E-state index >= 15 is 0 Å². The van der Waals surface area contributed by atoms with Gasteiger partial charge in [-0.25, -0.2) is 14.4 Å². The number of nitrogens with two attached hydrogens (primary N) is 1. The molecule has 0 saturated carbocycles. The lowest BCUT2D eigenvalue weighted by Gasteiger charge is -2.17. The highest BCUT2D eigenvalue weighted by Crippen LogP contribution is 2.34. The molecular formula is C20H30FN3O. The van der Waals surface area contributed by atoms with Crippen molar-refractivity contribution in [1.29, 1.82) is 0 Å². The zero-order valence-electron chi connectivity index (χ0n) is 16.0. The third-order valence-corrected chi connectivity index (χ3v) is 4.20. The molecule has 0 radical (unpaired) electrons. The summed E-state index contributed by atoms with van der Waals surface area (Å²) in [5.41, 5.74) is 8.25. The van der Waals surface area contributed by atoms with Crippen LogP contribution in [-0.2, 0) is 4.74 Å². The minimum Gasteiger partial charge on any atom is -0.494 e. The van der Waals surface area contributed by atoms with Crippen molar-refractivity contribution in [3.63, 3.8) is 0 Å². The summed E-state index contributed by atoms with van der Waals surface area (Å²) >= 11 is 0. The fraction of sp³-hybridized carbons (Fsp3) is 0.500. The highest BCUT2D eigenvalue weighted by Gasteiger charge is 2.21. The molecule has 1 unspecified atom stereocenters. The Morgan fingerprint density at radius 2 is 2.16 bits per heavy atom. The van der Waals surface area contributed by atoms with Crippen LogP contribution in [-0.4, -0.2) is 19.3 Å². The van der Waals surface area contributed by atoms with E-state index in [0.29, 0.717) is 5.76 Å². The van der Waals surface area contributed by atoms with Crippen LogP contribution in [0.25, 0.3) is 0 Å². The number of halogens is 1. The molecule has 0 spiro atoms. The summed E-state index contributed by atoms with van der Waals surface area (Å²) in [6, 6.07) is 0. The Morgan fingerprint density at radius 3 is 2.76 bits per heavy atom. The van der Waals surface area contributed by atoms with Crippen LogP contribution in [0.3, 0.4) is 0 Å². The number of hydrogen-bond donors (Lipinski definition) is 1. The van der Waals surface area contributed by atoms with E-state index in [9.17, 15) is 4.39 Å². The Balaban J connectivity index is 3.15. The number of methoxy groups -OCH3 is 1. The molecule has 0 amide bonds. The number of ether oxygens (including phenoxy) is 1. The van der Waals surface area contributed by atoms with Crippen molar-refractivity contribution in [2.24, 2.45) is 21.6 Å². The monoisotopic (exact) mass is 347 g/mol. The number of aliphatic imine (C=N–C) groups is 2. The lowest BCUT2D eigenvalue weighted by molar-refractivity contribution is 0.274. The first-order chi connectivity index (χ1) is 11.9. The van der Waals surface area contributed by atoms with E-state index in [1.807, 2.05) is 19.1 Å². The SMILES string of the molecule is C\C=N/C(N)=N\C=C(/C)C1=CC=C(C(C)CCCC)C(OC)=C(F)C1. The Kier molecular flexibility index (Phi) is 8.89. The standard InChI is InChI=1S/C20H30FN3O/c1-6-8-9-14(3)17-11-10-16(12-18(21)19(17)25-5)15(4)13-24-20(22)23-7-2/h7,10-11,13-14H,6,8-9,12H2,1-5H3,(H2,22,24)/b15-13+,23-7-. The molecule has 1 rings (SSSR count). The van der Waals surface area contributed by atoms with Gasteiger partial charge in [0.1, 0.15) is 5.83 Å². The van der Waals surface area contributed by atoms with Crippen molar-refractivity contribution in [1.82, 2.24) is 0 Å². The molecule has 0 heterocycles. The maximum atomic E-state index is 14.7. The molecule has 0 aromatic rings. The summed E-state index contributed by atoms with van der Waals surface area (Å²) in [6.07, 6.45) is 10.5. The lowest BCUT2D eigenvalue weighted by atomic mass is 9.93. The van der Waals surface area contributed by atoms with Crippen molar-refractivity contribution in [3.05, 3.63) is 46.7 Å². The van der Waals surface area contributed by atoms with E-state index in [-0.39, 0.29) is 24.1 Å². The van der Waals surface area contributed by atoms with E-state index in [1.165, 1.54) is 7.11 Å². The van der Waals surface area contributed by atoms with Crippen LogP contribution in [0.5, 0.6) is 0 Å². The van der Waals surface area contributed by atoms with Crippen LogP contribution in [0, 0.1) is 5.92 Å². The van der Waals surface area contributed by atoms with Crippen LogP contribution in [0.2, 0.25) is 0 Å². The van der Waals surface area contributed by atoms with Crippen molar-refractivity contribution < 1.29 is 9.13 Å². The average Bonchev–Trinajstić information content (AvgIpc) is 2.76. The summed E-state index contributed by atoms with van der Waals surface area (Å²) in [4.78, 5) is 7.97. The molecule has 4 nitrogen and oxygen atoms in total. The Hall–Kier alpha value is -2.17. The van der Waals surface area contributed by atoms with Gasteiger partial charge in [-0.3, -0.25) is 0 Å². The number of unbranched alkanes of at least 4 members (excludes halogenated alkanes) is 1. The van der Waals surface area contributed by atoms with Gasteiger partial charge >= 0.3 is 0 Å². The molecule has 138 valence electrons. The Morgan fingerprint density at radius 1 is 1.44 bits per heavy atom. The molecule has 1 atom stereocenters. The molecule has 0 saturated heterocycles. The number of nitrogens with zero attached hydrogens (tertiary/aromatic N) is 2. The van der Waals surface area contributed by atoms with Gasteiger partial charge in [0, 0.05) is 18.8 Å². The first-order valence-electron chi connectivity index (χ1n) is 8.77. The van der Waals surface area contributed by atoms with E-state index < -0.39 is 0 Å². The van der Waals surface area contributed by atoms with Crippen LogP contribution in [0.15, 0.2) is 56.6 Å². The summed E-state index contributed by atoms with van der Waals surface area (Å²) in [5.74, 6) is 0.528. The first kappa shape index (κ1) is 20.9. The van der Waals surface area contributed by atoms with E-state index in [4.69, 9.17) is 10.5 Å². The smallest absolute Gasteiger partial charge is 0.219 e. The Labute approximate surface area is 150 Å². The van der Waals surface area contributed by atoms with Crippen LogP contribution in [0.1, 0.15) is 53.4 Å². The molecule has 1 aliphatic carbocycles. The number of guanidine groups is 1. The van der Waals surface area contributed by atoms with Gasteiger partial charge in [0.15, 0.2) is 5.76 Å². The number of hydrogen-bond acceptors (Lipinski definition) is 2. The molecule has 25 heavy (non-hydrogen) atoms. The molecule has 0 aliphatic heterocycles. The van der Waals surface area contributed by atoms with Gasteiger partial charge in [-0.1, -0.05) is 38.8 Å². The highest BCUT2D eigenvalue weighted by atomic mass is 19.1. The Bertz CT molecular complexity index is 639. The maximum absolute atomic E-state index is 14.7. The number of allylic oxidation sites excluding steroid dienone is 6. The van der Waals surface area contributed by atoms with Gasteiger partial charge in [-0.15, -0.1) is 0 Å². The molecule has 0 fully saturated rings. The third kappa shape index (κ3) is 6.33. The average molecular weight is 347 g/mol. The molecule has 0 bridgehead atoms. The second-order valence-electron chi connectivity index (χ2n) is 6.16. The fourth-order valence-corrected chi connectivity index (χ4v) is 2.69. The molecule has 2 N–H and O–H groups in total. The topological polar surface area (TPSA) is 60.0 Å². The zero-order chi connectivity index (χ0) is 18.8. The first-order valence-corrected chi connectivity index (χ1v) is 8.77. The minimum absolute atomic E-state index is 0.175. The molecule has 0 aromatic carbocycles. The van der Waals surface area contributed by atoms with E-state index in [0.717, 1.165) is 36.0 Å². The summed E-state index contributed by atoms with van der Waals surface area (Å²) in [6.45, 7) is 7.93. The van der Waals surface area contributed by atoms with Gasteiger partial charge < -0.3 is 10.5 Å². The van der Waals surface area contributed by atoms with Crippen molar-refractivity contribution in [2.45, 2.75) is 53.4 Å². The summed E-state index contributed by atoms with van der Waals surface area (Å²) < 4.78 is 20.1. The van der Waals surface area contributed by atoms with Gasteiger partial charge in [0.2, 0.25) is 5.96 Å². The van der Waals surface area contributed by atoms with Crippen molar-refractivity contribution in [2.75, 3.05) is 7.11 Å². The van der Waals surface area contributed by atoms with E-state index in [1.54, 1.807) is 19.3 Å². The molecule has 5 heteroatoms.